The molecule has 0 fully saturated rings. The van der Waals surface area contributed by atoms with E-state index in [4.69, 9.17) is 5.11 Å². The molecule has 2 aromatic heterocycles. The van der Waals surface area contributed by atoms with Gasteiger partial charge in [0.1, 0.15) is 18.7 Å². The van der Waals surface area contributed by atoms with Crippen molar-refractivity contribution in [1.82, 2.24) is 30.5 Å². The summed E-state index contributed by atoms with van der Waals surface area (Å²) in [6, 6.07) is 0. The number of carboxylic acid groups (broad SMARTS) is 1. The molecule has 0 spiro atoms. The fraction of sp³-hybridized carbons (Fsp3) is 0.333. The standard InChI is InChI=1S/C6H7N7O3/c14-5(15)1-4-6(10-16-9-4)7-2-13-3-8-11-12-13/h3H,1-2H2,(H,7,10)(H,14,15). The van der Waals surface area contributed by atoms with Crippen LogP contribution in [0, 0.1) is 0 Å². The molecule has 2 rings (SSSR count). The summed E-state index contributed by atoms with van der Waals surface area (Å²) in [6.07, 6.45) is 1.14. The van der Waals surface area contributed by atoms with Crippen LogP contribution in [0.5, 0.6) is 0 Å². The highest BCUT2D eigenvalue weighted by molar-refractivity contribution is 5.71. The lowest BCUT2D eigenvalue weighted by Gasteiger charge is -2.01. The molecule has 0 saturated carbocycles. The third-order valence-electron chi connectivity index (χ3n) is 1.68. The monoisotopic (exact) mass is 225 g/mol. The van der Waals surface area contributed by atoms with Crippen LogP contribution >= 0.6 is 0 Å². The number of nitrogens with zero attached hydrogens (tertiary/aromatic N) is 6. The lowest BCUT2D eigenvalue weighted by Crippen LogP contribution is -2.11. The maximum Gasteiger partial charge on any atom is 0.309 e. The van der Waals surface area contributed by atoms with Crippen LogP contribution in [0.4, 0.5) is 5.82 Å². The van der Waals surface area contributed by atoms with Crippen LogP contribution < -0.4 is 5.32 Å². The van der Waals surface area contributed by atoms with Crippen molar-refractivity contribution in [3.05, 3.63) is 12.0 Å². The third-order valence-corrected chi connectivity index (χ3v) is 1.68. The molecule has 2 aromatic rings. The zero-order chi connectivity index (χ0) is 11.4. The summed E-state index contributed by atoms with van der Waals surface area (Å²) in [5.74, 6) is -0.751. The molecule has 0 aliphatic carbocycles. The molecule has 0 aromatic carbocycles. The molecule has 0 amide bonds. The zero-order valence-electron chi connectivity index (χ0n) is 7.94. The molecule has 0 unspecified atom stereocenters. The molecule has 0 aliphatic heterocycles. The summed E-state index contributed by atoms with van der Waals surface area (Å²) >= 11 is 0. The van der Waals surface area contributed by atoms with Crippen molar-refractivity contribution < 1.29 is 14.5 Å². The summed E-state index contributed by atoms with van der Waals surface area (Å²) in [6.45, 7) is 0.244. The van der Waals surface area contributed by atoms with E-state index in [0.717, 1.165) is 0 Å². The number of carboxylic acids is 1. The van der Waals surface area contributed by atoms with Gasteiger partial charge in [-0.2, -0.15) is 0 Å². The van der Waals surface area contributed by atoms with E-state index in [0.29, 0.717) is 0 Å². The Hall–Kier alpha value is -2.52. The van der Waals surface area contributed by atoms with E-state index in [1.807, 2.05) is 0 Å². The van der Waals surface area contributed by atoms with E-state index in [1.54, 1.807) is 0 Å². The van der Waals surface area contributed by atoms with Crippen LogP contribution in [0.3, 0.4) is 0 Å². The number of aliphatic carboxylic acids is 1. The Morgan fingerprint density at radius 1 is 1.56 bits per heavy atom. The number of carbonyl (C=O) groups is 1. The number of nitrogens with one attached hydrogen (secondary N) is 1. The predicted octanol–water partition coefficient (Wildman–Crippen LogP) is -1.25. The van der Waals surface area contributed by atoms with Gasteiger partial charge in [0.25, 0.3) is 0 Å². The molecule has 2 N–H and O–H groups in total. The average Bonchev–Trinajstić information content (AvgIpc) is 2.84. The van der Waals surface area contributed by atoms with Gasteiger partial charge in [0.15, 0.2) is 5.82 Å². The van der Waals surface area contributed by atoms with Crippen LogP contribution in [-0.4, -0.2) is 41.6 Å². The molecule has 16 heavy (non-hydrogen) atoms. The first-order valence-electron chi connectivity index (χ1n) is 4.23. The summed E-state index contributed by atoms with van der Waals surface area (Å²) in [5, 5.41) is 28.8. The van der Waals surface area contributed by atoms with Gasteiger partial charge in [-0.05, 0) is 15.6 Å². The van der Waals surface area contributed by atoms with Crippen molar-refractivity contribution in [3.63, 3.8) is 0 Å². The number of tetrazole rings is 1. The van der Waals surface area contributed by atoms with Crippen molar-refractivity contribution >= 4 is 11.8 Å². The zero-order valence-corrected chi connectivity index (χ0v) is 7.94. The number of aromatic nitrogens is 6. The minimum Gasteiger partial charge on any atom is -0.481 e. The highest BCUT2D eigenvalue weighted by Gasteiger charge is 2.13. The van der Waals surface area contributed by atoms with Crippen molar-refractivity contribution in [2.75, 3.05) is 5.32 Å². The quantitative estimate of drug-likeness (QED) is 0.640. The highest BCUT2D eigenvalue weighted by atomic mass is 16.6. The second-order valence-corrected chi connectivity index (χ2v) is 2.81. The molecule has 84 valence electrons. The third kappa shape index (κ3) is 2.29. The Labute approximate surface area is 88.2 Å². The van der Waals surface area contributed by atoms with E-state index in [-0.39, 0.29) is 24.6 Å². The average molecular weight is 225 g/mol. The van der Waals surface area contributed by atoms with E-state index >= 15 is 0 Å². The molecule has 0 atom stereocenters. The Morgan fingerprint density at radius 2 is 2.44 bits per heavy atom. The lowest BCUT2D eigenvalue weighted by atomic mass is 10.3. The van der Waals surface area contributed by atoms with Gasteiger partial charge in [-0.3, -0.25) is 4.79 Å². The fourth-order valence-electron chi connectivity index (χ4n) is 1.01. The Morgan fingerprint density at radius 3 is 3.12 bits per heavy atom. The number of hydrogen-bond donors (Lipinski definition) is 2. The molecule has 2 heterocycles. The second kappa shape index (κ2) is 4.33. The smallest absolute Gasteiger partial charge is 0.309 e. The van der Waals surface area contributed by atoms with Gasteiger partial charge in [0.05, 0.1) is 6.42 Å². The molecule has 0 bridgehead atoms. The maximum absolute atomic E-state index is 10.5. The molecule has 0 saturated heterocycles. The topological polar surface area (TPSA) is 132 Å². The van der Waals surface area contributed by atoms with Gasteiger partial charge >= 0.3 is 5.97 Å². The summed E-state index contributed by atoms with van der Waals surface area (Å²) in [4.78, 5) is 10.5. The maximum atomic E-state index is 10.5. The van der Waals surface area contributed by atoms with Crippen molar-refractivity contribution in [2.45, 2.75) is 13.1 Å². The van der Waals surface area contributed by atoms with Gasteiger partial charge in [0, 0.05) is 0 Å². The summed E-state index contributed by atoms with van der Waals surface area (Å²) in [5.41, 5.74) is 0.223. The second-order valence-electron chi connectivity index (χ2n) is 2.81. The van der Waals surface area contributed by atoms with Crippen LogP contribution in [0.25, 0.3) is 0 Å². The summed E-state index contributed by atoms with van der Waals surface area (Å²) < 4.78 is 5.83. The van der Waals surface area contributed by atoms with E-state index in [2.05, 4.69) is 35.8 Å². The number of anilines is 1. The number of hydrogen-bond acceptors (Lipinski definition) is 8. The molecule has 10 heteroatoms. The largest absolute Gasteiger partial charge is 0.481 e. The first kappa shape index (κ1) is 10.0. The van der Waals surface area contributed by atoms with Crippen LogP contribution in [0.15, 0.2) is 11.0 Å². The molecular formula is C6H7N7O3. The minimum atomic E-state index is -1.01. The normalized spacial score (nSPS) is 10.2. The first-order chi connectivity index (χ1) is 7.75. The van der Waals surface area contributed by atoms with Gasteiger partial charge in [-0.15, -0.1) is 5.10 Å². The molecule has 0 aliphatic rings. The SMILES string of the molecule is O=C(O)Cc1nonc1NCn1cnnn1. The molecular weight excluding hydrogens is 218 g/mol. The predicted molar refractivity (Wildman–Crippen MR) is 47.1 cm³/mol. The molecule has 10 nitrogen and oxygen atoms in total. The molecule has 0 radical (unpaired) electrons. The Bertz CT molecular complexity index is 464. The van der Waals surface area contributed by atoms with E-state index in [9.17, 15) is 4.79 Å². The van der Waals surface area contributed by atoms with Crippen LogP contribution in [0.2, 0.25) is 0 Å². The van der Waals surface area contributed by atoms with Crippen molar-refractivity contribution in [2.24, 2.45) is 0 Å². The van der Waals surface area contributed by atoms with Crippen LogP contribution in [0.1, 0.15) is 5.69 Å². The van der Waals surface area contributed by atoms with Gasteiger partial charge in [0.2, 0.25) is 0 Å². The summed E-state index contributed by atoms with van der Waals surface area (Å²) in [7, 11) is 0. The van der Waals surface area contributed by atoms with Crippen LogP contribution in [-0.2, 0) is 17.9 Å². The van der Waals surface area contributed by atoms with Crippen molar-refractivity contribution in [1.29, 1.82) is 0 Å². The first-order valence-corrected chi connectivity index (χ1v) is 4.23. The van der Waals surface area contributed by atoms with E-state index in [1.165, 1.54) is 11.0 Å². The minimum absolute atomic E-state index is 0.223. The Kier molecular flexibility index (Phi) is 2.71. The van der Waals surface area contributed by atoms with Crippen molar-refractivity contribution in [3.8, 4) is 0 Å². The lowest BCUT2D eigenvalue weighted by molar-refractivity contribution is -0.136. The fourth-order valence-corrected chi connectivity index (χ4v) is 1.01. The van der Waals surface area contributed by atoms with Gasteiger partial charge < -0.3 is 10.4 Å². The van der Waals surface area contributed by atoms with Gasteiger partial charge in [-0.1, -0.05) is 5.16 Å². The highest BCUT2D eigenvalue weighted by Crippen LogP contribution is 2.09. The Balaban J connectivity index is 1.99. The van der Waals surface area contributed by atoms with Gasteiger partial charge in [-0.25, -0.2) is 9.31 Å². The number of rotatable bonds is 5. The van der Waals surface area contributed by atoms with E-state index < -0.39 is 5.97 Å².